The summed E-state index contributed by atoms with van der Waals surface area (Å²) in [5.41, 5.74) is -0.262. The zero-order valence-electron chi connectivity index (χ0n) is 7.22. The molecule has 8 nitrogen and oxygen atoms in total. The Bertz CT molecular complexity index is 384. The molecule has 0 atom stereocenters. The van der Waals surface area contributed by atoms with Crippen molar-refractivity contribution in [1.82, 2.24) is 0 Å². The fraction of sp³-hybridized carbons (Fsp3) is 0. The van der Waals surface area contributed by atoms with E-state index < -0.39 is 12.7 Å². The molecule has 16 heavy (non-hydrogen) atoms. The van der Waals surface area contributed by atoms with E-state index in [4.69, 9.17) is 24.4 Å². The molecule has 0 fully saturated rings. The maximum absolute atomic E-state index is 10.1. The molecule has 1 aromatic carbocycles. The van der Waals surface area contributed by atoms with Gasteiger partial charge in [0, 0.05) is 6.07 Å². The van der Waals surface area contributed by atoms with Crippen LogP contribution in [-0.2, 0) is 4.57 Å². The molecule has 4 N–H and O–H groups in total. The molecule has 0 radical (unpaired) electrons. The number of nitrogens with zero attached hydrogens (tertiary/aromatic N) is 1. The minimum atomic E-state index is -4.64. The molecule has 86 valence electrons. The molecule has 0 aliphatic heterocycles. The Morgan fingerprint density at radius 3 is 1.81 bits per heavy atom. The van der Waals surface area contributed by atoms with E-state index in [0.717, 1.165) is 0 Å². The number of nitro groups is 1. The first-order valence-electron chi connectivity index (χ1n) is 3.42. The molecule has 1 aromatic rings. The van der Waals surface area contributed by atoms with Crippen molar-refractivity contribution in [3.63, 3.8) is 0 Å². The predicted octanol–water partition coefficient (Wildman–Crippen LogP) is -0.277. The molecular formula is C6H9NNaO7P. The van der Waals surface area contributed by atoms with Crippen LogP contribution in [0.4, 0.5) is 5.69 Å². The van der Waals surface area contributed by atoms with Gasteiger partial charge in [-0.3, -0.25) is 10.1 Å². The standard InChI is InChI=1S/C6H5NO3.Na.H3O4P.H/c8-6-4-2-1-3-5(6)7(9)10;;1-5(2,3)4;/h1-4,8H;;(H3,1,2,3,4);. The third-order valence-electron chi connectivity index (χ3n) is 1.08. The number of hydrogen-bond donors (Lipinski definition) is 4. The van der Waals surface area contributed by atoms with Crippen LogP contribution in [0.3, 0.4) is 0 Å². The van der Waals surface area contributed by atoms with Crippen molar-refractivity contribution in [1.29, 1.82) is 0 Å². The molecule has 10 heteroatoms. The Hall–Kier alpha value is -0.470. The number of benzene rings is 1. The Kier molecular flexibility index (Phi) is 8.67. The van der Waals surface area contributed by atoms with E-state index in [9.17, 15) is 10.1 Å². The fourth-order valence-corrected chi connectivity index (χ4v) is 0.619. The van der Waals surface area contributed by atoms with Gasteiger partial charge in [-0.2, -0.15) is 0 Å². The van der Waals surface area contributed by atoms with Gasteiger partial charge in [-0.1, -0.05) is 12.1 Å². The quantitative estimate of drug-likeness (QED) is 0.236. The van der Waals surface area contributed by atoms with Crippen molar-refractivity contribution in [2.24, 2.45) is 0 Å². The summed E-state index contributed by atoms with van der Waals surface area (Å²) < 4.78 is 8.88. The van der Waals surface area contributed by atoms with Crippen LogP contribution in [0.5, 0.6) is 5.75 Å². The number of hydrogen-bond acceptors (Lipinski definition) is 4. The predicted molar refractivity (Wildman–Crippen MR) is 56.2 cm³/mol. The van der Waals surface area contributed by atoms with E-state index in [0.29, 0.717) is 0 Å². The monoisotopic (exact) mass is 261 g/mol. The third-order valence-corrected chi connectivity index (χ3v) is 1.08. The van der Waals surface area contributed by atoms with Gasteiger partial charge < -0.3 is 19.8 Å². The average molecular weight is 261 g/mol. The molecular weight excluding hydrogens is 252 g/mol. The molecule has 0 aliphatic carbocycles. The van der Waals surface area contributed by atoms with Gasteiger partial charge in [0.2, 0.25) is 0 Å². The summed E-state index contributed by atoms with van der Waals surface area (Å²) in [6.07, 6.45) is 0. The van der Waals surface area contributed by atoms with Gasteiger partial charge in [-0.15, -0.1) is 0 Å². The topological polar surface area (TPSA) is 141 Å². The summed E-state index contributed by atoms with van der Waals surface area (Å²) in [6, 6.07) is 5.55. The molecule has 0 heterocycles. The number of phenols is 1. The number of phosphoric acid groups is 1. The molecule has 0 aromatic heterocycles. The summed E-state index contributed by atoms with van der Waals surface area (Å²) >= 11 is 0. The zero-order chi connectivity index (χ0) is 12.1. The maximum atomic E-state index is 10.1. The zero-order valence-corrected chi connectivity index (χ0v) is 8.11. The Morgan fingerprint density at radius 2 is 1.56 bits per heavy atom. The second-order valence-corrected chi connectivity index (χ2v) is 3.29. The first-order valence-corrected chi connectivity index (χ1v) is 4.99. The number of para-hydroxylation sites is 2. The Labute approximate surface area is 112 Å². The fourth-order valence-electron chi connectivity index (χ4n) is 0.619. The van der Waals surface area contributed by atoms with E-state index in [1.807, 2.05) is 0 Å². The first-order chi connectivity index (χ1) is 6.72. The van der Waals surface area contributed by atoms with Crippen molar-refractivity contribution in [2.45, 2.75) is 0 Å². The molecule has 0 unspecified atom stereocenters. The number of aromatic hydroxyl groups is 1. The number of phenolic OH excluding ortho intramolecular Hbond substituents is 1. The van der Waals surface area contributed by atoms with Crippen LogP contribution in [0.15, 0.2) is 24.3 Å². The van der Waals surface area contributed by atoms with E-state index in [1.54, 1.807) is 0 Å². The van der Waals surface area contributed by atoms with Gasteiger partial charge in [-0.05, 0) is 6.07 Å². The second-order valence-electron chi connectivity index (χ2n) is 2.26. The molecule has 1 rings (SSSR count). The van der Waals surface area contributed by atoms with E-state index in [2.05, 4.69) is 0 Å². The van der Waals surface area contributed by atoms with Crippen LogP contribution in [-0.4, -0.2) is 54.3 Å². The van der Waals surface area contributed by atoms with Crippen LogP contribution < -0.4 is 0 Å². The summed E-state index contributed by atoms with van der Waals surface area (Å²) in [5.74, 6) is -0.299. The number of nitro benzene ring substituents is 1. The summed E-state index contributed by atoms with van der Waals surface area (Å²) in [7, 11) is -4.64. The van der Waals surface area contributed by atoms with Crippen molar-refractivity contribution in [3.8, 4) is 5.75 Å². The van der Waals surface area contributed by atoms with Gasteiger partial charge >= 0.3 is 43.1 Å². The van der Waals surface area contributed by atoms with Crippen molar-refractivity contribution >= 4 is 43.1 Å². The van der Waals surface area contributed by atoms with Crippen LogP contribution in [0.1, 0.15) is 0 Å². The first kappa shape index (κ1) is 17.9. The average Bonchev–Trinajstić information content (AvgIpc) is 2.01. The van der Waals surface area contributed by atoms with E-state index in [-0.39, 0.29) is 41.0 Å². The summed E-state index contributed by atoms with van der Waals surface area (Å²) in [6.45, 7) is 0. The molecule has 0 amide bonds. The Morgan fingerprint density at radius 1 is 1.19 bits per heavy atom. The molecule has 0 spiro atoms. The van der Waals surface area contributed by atoms with Crippen molar-refractivity contribution < 1.29 is 29.3 Å². The van der Waals surface area contributed by atoms with Gasteiger partial charge in [0.15, 0.2) is 5.75 Å². The molecule has 0 saturated heterocycles. The normalized spacial score (nSPS) is 9.44. The van der Waals surface area contributed by atoms with Gasteiger partial charge in [0.1, 0.15) is 0 Å². The van der Waals surface area contributed by atoms with Crippen LogP contribution in [0, 0.1) is 10.1 Å². The van der Waals surface area contributed by atoms with Crippen molar-refractivity contribution in [3.05, 3.63) is 34.4 Å². The molecule has 0 aliphatic rings. The van der Waals surface area contributed by atoms with Crippen molar-refractivity contribution in [2.75, 3.05) is 0 Å². The summed E-state index contributed by atoms with van der Waals surface area (Å²) in [4.78, 5) is 31.0. The van der Waals surface area contributed by atoms with E-state index in [1.165, 1.54) is 24.3 Å². The SMILES string of the molecule is O=P(O)(O)O.O=[N+]([O-])c1ccccc1O.[NaH]. The minimum absolute atomic E-state index is 0. The second kappa shape index (κ2) is 7.75. The van der Waals surface area contributed by atoms with Gasteiger partial charge in [-0.25, -0.2) is 4.57 Å². The van der Waals surface area contributed by atoms with E-state index >= 15 is 0 Å². The van der Waals surface area contributed by atoms with Crippen LogP contribution >= 0.6 is 7.82 Å². The van der Waals surface area contributed by atoms with Gasteiger partial charge in [0.05, 0.1) is 4.92 Å². The summed E-state index contributed by atoms with van der Waals surface area (Å²) in [5, 5.41) is 18.9. The van der Waals surface area contributed by atoms with Crippen LogP contribution in [0.25, 0.3) is 0 Å². The third kappa shape index (κ3) is 10.1. The number of rotatable bonds is 1. The molecule has 0 bridgehead atoms. The Balaban J connectivity index is 0. The van der Waals surface area contributed by atoms with Gasteiger partial charge in [0.25, 0.3) is 0 Å². The van der Waals surface area contributed by atoms with Crippen LogP contribution in [0.2, 0.25) is 0 Å². The molecule has 0 saturated carbocycles.